The van der Waals surface area contributed by atoms with Gasteiger partial charge in [-0.3, -0.25) is 5.32 Å². The van der Waals surface area contributed by atoms with E-state index < -0.39 is 20.8 Å². The molecule has 1 amide bonds. The van der Waals surface area contributed by atoms with Gasteiger partial charge in [-0.1, -0.05) is 17.7 Å². The molecule has 5 heterocycles. The Morgan fingerprint density at radius 3 is 2.45 bits per heavy atom. The van der Waals surface area contributed by atoms with E-state index in [1.165, 1.54) is 0 Å². The summed E-state index contributed by atoms with van der Waals surface area (Å²) in [6, 6.07) is 12.5. The van der Waals surface area contributed by atoms with Gasteiger partial charge in [-0.15, -0.1) is 0 Å². The molecule has 0 aliphatic carbocycles. The number of carbonyl (C=O) groups is 1. The zero-order valence-corrected chi connectivity index (χ0v) is 29.8. The number of hydrogen-bond donors (Lipinski definition) is 2. The number of aromatic amines is 1. The molecule has 13 heteroatoms. The predicted molar refractivity (Wildman–Crippen MR) is 189 cm³/mol. The molecule has 1 aliphatic rings. The standard InChI is InChI=1S/C36H44N6O6S/c1-22-8-10-24(11-9-22)49(44,45)34(38-20-23-13-16-42(17-14-23)35(43)48-36(2,3)4)25-12-15-37-32-26(25)18-28(39-32)27-21-41(5)29-19-30(46-6)33(47-7)40-31(27)29/h8-12,15,18-19,21,23,34,38H,13-14,16-17,20H2,1-7H3,(H,37,39). The second kappa shape index (κ2) is 13.4. The van der Waals surface area contributed by atoms with Crippen LogP contribution in [0.2, 0.25) is 0 Å². The number of piperidine rings is 1. The molecule has 12 nitrogen and oxygen atoms in total. The highest BCUT2D eigenvalue weighted by Gasteiger charge is 2.33. The minimum absolute atomic E-state index is 0.169. The number of nitrogens with zero attached hydrogens (tertiary/aromatic N) is 4. The molecule has 1 atom stereocenters. The minimum atomic E-state index is -3.89. The van der Waals surface area contributed by atoms with Gasteiger partial charge in [-0.25, -0.2) is 23.2 Å². The fourth-order valence-electron chi connectivity index (χ4n) is 6.34. The summed E-state index contributed by atoms with van der Waals surface area (Å²) in [5.41, 5.74) is 4.65. The maximum absolute atomic E-state index is 14.4. The third-order valence-corrected chi connectivity index (χ3v) is 10.9. The number of aromatic nitrogens is 4. The van der Waals surface area contributed by atoms with Crippen LogP contribution in [-0.4, -0.2) is 78.4 Å². The van der Waals surface area contributed by atoms with Gasteiger partial charge < -0.3 is 28.7 Å². The minimum Gasteiger partial charge on any atom is -0.491 e. The average Bonchev–Trinajstić information content (AvgIpc) is 3.64. The van der Waals surface area contributed by atoms with E-state index in [0.29, 0.717) is 53.4 Å². The molecule has 1 aliphatic heterocycles. The highest BCUT2D eigenvalue weighted by atomic mass is 32.2. The Hall–Kier alpha value is -4.62. The van der Waals surface area contributed by atoms with Crippen LogP contribution < -0.4 is 14.8 Å². The van der Waals surface area contributed by atoms with Gasteiger partial charge in [-0.05, 0) is 82.8 Å². The molecule has 0 bridgehead atoms. The lowest BCUT2D eigenvalue weighted by Crippen LogP contribution is -2.44. The third-order valence-electron chi connectivity index (χ3n) is 8.96. The molecule has 6 rings (SSSR count). The molecule has 0 radical (unpaired) electrons. The molecular weight excluding hydrogens is 644 g/mol. The molecule has 4 aromatic heterocycles. The van der Waals surface area contributed by atoms with Crippen LogP contribution >= 0.6 is 0 Å². The van der Waals surface area contributed by atoms with Crippen LogP contribution in [0.1, 0.15) is 50.1 Å². The van der Waals surface area contributed by atoms with Crippen molar-refractivity contribution in [1.82, 2.24) is 29.7 Å². The Balaban J connectivity index is 1.35. The molecule has 1 aromatic carbocycles. The summed E-state index contributed by atoms with van der Waals surface area (Å²) in [5.74, 6) is 1.05. The van der Waals surface area contributed by atoms with Gasteiger partial charge in [0.05, 0.1) is 30.3 Å². The first-order chi connectivity index (χ1) is 23.3. The number of aryl methyl sites for hydroxylation is 2. The van der Waals surface area contributed by atoms with Crippen LogP contribution in [0.5, 0.6) is 11.6 Å². The average molecular weight is 689 g/mol. The van der Waals surface area contributed by atoms with Crippen molar-refractivity contribution in [2.24, 2.45) is 13.0 Å². The van der Waals surface area contributed by atoms with Crippen LogP contribution in [0, 0.1) is 12.8 Å². The lowest BCUT2D eigenvalue weighted by atomic mass is 9.97. The summed E-state index contributed by atoms with van der Waals surface area (Å²) in [6.07, 6.45) is 4.73. The smallest absolute Gasteiger partial charge is 0.410 e. The first-order valence-electron chi connectivity index (χ1n) is 16.4. The van der Waals surface area contributed by atoms with E-state index in [2.05, 4.69) is 15.3 Å². The van der Waals surface area contributed by atoms with Crippen molar-refractivity contribution in [3.63, 3.8) is 0 Å². The Morgan fingerprint density at radius 2 is 1.80 bits per heavy atom. The van der Waals surface area contributed by atoms with E-state index >= 15 is 0 Å². The van der Waals surface area contributed by atoms with Gasteiger partial charge in [0, 0.05) is 49.5 Å². The number of sulfone groups is 1. The monoisotopic (exact) mass is 688 g/mol. The Labute approximate surface area is 286 Å². The fraction of sp³-hybridized carbons (Fsp3) is 0.417. The van der Waals surface area contributed by atoms with E-state index in [0.717, 1.165) is 35.2 Å². The molecule has 0 spiro atoms. The molecule has 260 valence electrons. The number of ether oxygens (including phenoxy) is 3. The number of methoxy groups -OCH3 is 2. The maximum Gasteiger partial charge on any atom is 0.410 e. The summed E-state index contributed by atoms with van der Waals surface area (Å²) in [5, 5.41) is 3.06. The fourth-order valence-corrected chi connectivity index (χ4v) is 7.98. The van der Waals surface area contributed by atoms with Gasteiger partial charge >= 0.3 is 6.09 Å². The number of fused-ring (bicyclic) bond motifs is 2. The number of nitrogens with one attached hydrogen (secondary N) is 2. The normalized spacial score (nSPS) is 15.1. The molecular formula is C36H44N6O6S. The quantitative estimate of drug-likeness (QED) is 0.187. The SMILES string of the molecule is COc1cc2c(nc1OC)c(-c1cc3c(C(NCC4CCN(C(=O)OC(C)(C)C)CC4)S(=O)(=O)c4ccc(C)cc4)ccnc3[nH]1)cn2C. The second-order valence-corrected chi connectivity index (χ2v) is 15.7. The number of rotatable bonds is 9. The van der Waals surface area contributed by atoms with Crippen molar-refractivity contribution in [2.75, 3.05) is 33.9 Å². The van der Waals surface area contributed by atoms with Gasteiger partial charge in [0.25, 0.3) is 5.88 Å². The Bertz CT molecular complexity index is 2090. The molecule has 1 saturated heterocycles. The van der Waals surface area contributed by atoms with Gasteiger partial charge in [0.15, 0.2) is 15.6 Å². The van der Waals surface area contributed by atoms with Crippen LogP contribution in [0.3, 0.4) is 0 Å². The van der Waals surface area contributed by atoms with Crippen LogP contribution in [0.25, 0.3) is 33.3 Å². The summed E-state index contributed by atoms with van der Waals surface area (Å²) in [4.78, 5) is 27.3. The lowest BCUT2D eigenvalue weighted by Gasteiger charge is -2.34. The molecule has 1 unspecified atom stereocenters. The summed E-state index contributed by atoms with van der Waals surface area (Å²) < 4.78 is 47.3. The molecule has 2 N–H and O–H groups in total. The van der Waals surface area contributed by atoms with Crippen molar-refractivity contribution in [2.45, 2.75) is 56.4 Å². The molecule has 0 saturated carbocycles. The van der Waals surface area contributed by atoms with E-state index in [-0.39, 0.29) is 16.9 Å². The predicted octanol–water partition coefficient (Wildman–Crippen LogP) is 6.15. The van der Waals surface area contributed by atoms with Gasteiger partial charge in [0.1, 0.15) is 22.1 Å². The maximum atomic E-state index is 14.4. The van der Waals surface area contributed by atoms with Crippen LogP contribution in [0.15, 0.2) is 59.8 Å². The number of likely N-dealkylation sites (tertiary alicyclic amines) is 1. The van der Waals surface area contributed by atoms with Gasteiger partial charge in [0.2, 0.25) is 0 Å². The number of carbonyl (C=O) groups excluding carboxylic acids is 1. The van der Waals surface area contributed by atoms with Crippen molar-refractivity contribution in [1.29, 1.82) is 0 Å². The number of benzene rings is 1. The highest BCUT2D eigenvalue weighted by molar-refractivity contribution is 7.91. The molecule has 5 aromatic rings. The van der Waals surface area contributed by atoms with Crippen molar-refractivity contribution in [3.05, 3.63) is 66.0 Å². The molecule has 1 fully saturated rings. The van der Waals surface area contributed by atoms with E-state index in [9.17, 15) is 13.2 Å². The summed E-state index contributed by atoms with van der Waals surface area (Å²) in [7, 11) is 1.15. The van der Waals surface area contributed by atoms with E-state index in [1.54, 1.807) is 43.5 Å². The van der Waals surface area contributed by atoms with E-state index in [1.807, 2.05) is 69.8 Å². The molecule has 49 heavy (non-hydrogen) atoms. The largest absolute Gasteiger partial charge is 0.491 e. The second-order valence-electron chi connectivity index (χ2n) is 13.6. The first-order valence-corrected chi connectivity index (χ1v) is 17.9. The summed E-state index contributed by atoms with van der Waals surface area (Å²) >= 11 is 0. The van der Waals surface area contributed by atoms with Crippen molar-refractivity contribution >= 4 is 38.0 Å². The number of pyridine rings is 2. The first kappa shape index (κ1) is 34.3. The van der Waals surface area contributed by atoms with Crippen molar-refractivity contribution < 1.29 is 27.4 Å². The van der Waals surface area contributed by atoms with Gasteiger partial charge in [-0.2, -0.15) is 0 Å². The lowest BCUT2D eigenvalue weighted by molar-refractivity contribution is 0.0184. The Kier molecular flexibility index (Phi) is 9.34. The zero-order chi connectivity index (χ0) is 35.1. The van der Waals surface area contributed by atoms with E-state index in [4.69, 9.17) is 19.2 Å². The van der Waals surface area contributed by atoms with Crippen LogP contribution in [-0.2, 0) is 21.6 Å². The number of H-pyrrole nitrogens is 1. The summed E-state index contributed by atoms with van der Waals surface area (Å²) in [6.45, 7) is 9.04. The van der Waals surface area contributed by atoms with Crippen LogP contribution in [0.4, 0.5) is 4.79 Å². The number of hydrogen-bond acceptors (Lipinski definition) is 9. The third kappa shape index (κ3) is 6.95. The number of amides is 1. The zero-order valence-electron chi connectivity index (χ0n) is 29.0. The van der Waals surface area contributed by atoms with Crippen molar-refractivity contribution in [3.8, 4) is 22.9 Å². The topological polar surface area (TPSA) is 141 Å². The Morgan fingerprint density at radius 1 is 1.08 bits per heavy atom. The highest BCUT2D eigenvalue weighted by Crippen LogP contribution is 2.38.